The average Bonchev–Trinajstić information content (AvgIpc) is 2.75. The van der Waals surface area contributed by atoms with Crippen LogP contribution in [0.1, 0.15) is 10.5 Å². The molecule has 3 N–H and O–H groups in total. The molecule has 0 radical (unpaired) electrons. The van der Waals surface area contributed by atoms with Crippen LogP contribution in [-0.4, -0.2) is 26.4 Å². The molecule has 0 bridgehead atoms. The average molecular weight is 319 g/mol. The molecule has 0 aliphatic heterocycles. The highest BCUT2D eigenvalue weighted by Crippen LogP contribution is 2.35. The Labute approximate surface area is 107 Å². The van der Waals surface area contributed by atoms with Gasteiger partial charge in [-0.1, -0.05) is 0 Å². The maximum absolute atomic E-state index is 13.8. The molecule has 2 rings (SSSR count). The molecule has 0 unspecified atom stereocenters. The Morgan fingerprint density at radius 2 is 2.06 bits per heavy atom. The summed E-state index contributed by atoms with van der Waals surface area (Å²) in [6.45, 7) is 0. The van der Waals surface area contributed by atoms with Crippen LogP contribution in [0.4, 0.5) is 8.78 Å². The first-order chi connectivity index (χ1) is 8.41. The van der Waals surface area contributed by atoms with Gasteiger partial charge in [-0.3, -0.25) is 5.10 Å². The summed E-state index contributed by atoms with van der Waals surface area (Å²) in [6, 6.07) is 1.70. The molecule has 0 amide bonds. The summed E-state index contributed by atoms with van der Waals surface area (Å²) in [7, 11) is 0. The van der Waals surface area contributed by atoms with Crippen molar-refractivity contribution in [2.75, 3.05) is 0 Å². The fourth-order valence-electron chi connectivity index (χ4n) is 1.38. The van der Waals surface area contributed by atoms with Crippen molar-refractivity contribution >= 4 is 21.9 Å². The summed E-state index contributed by atoms with van der Waals surface area (Å²) in [6.07, 6.45) is 0. The van der Waals surface area contributed by atoms with Crippen molar-refractivity contribution in [1.29, 1.82) is 0 Å². The topological polar surface area (TPSA) is 86.2 Å². The standard InChI is InChI=1S/C10H5BrF2N2O3/c11-8-6(16)1-3(12)7(9(8)13)4-2-5(10(17)18)15-14-4/h1-2,16H,(H,14,15)(H,17,18). The van der Waals surface area contributed by atoms with Gasteiger partial charge >= 0.3 is 5.97 Å². The fraction of sp³-hybridized carbons (Fsp3) is 0. The number of hydrogen-bond donors (Lipinski definition) is 3. The molecule has 0 saturated heterocycles. The summed E-state index contributed by atoms with van der Waals surface area (Å²) in [5.74, 6) is -4.00. The van der Waals surface area contributed by atoms with Gasteiger partial charge in [0.05, 0.1) is 15.7 Å². The lowest BCUT2D eigenvalue weighted by Crippen LogP contribution is -1.95. The van der Waals surface area contributed by atoms with E-state index in [0.29, 0.717) is 6.07 Å². The number of aromatic nitrogens is 2. The van der Waals surface area contributed by atoms with Crippen molar-refractivity contribution in [2.24, 2.45) is 0 Å². The number of carboxylic acid groups (broad SMARTS) is 1. The Kier molecular flexibility index (Phi) is 3.04. The van der Waals surface area contributed by atoms with Crippen LogP contribution < -0.4 is 0 Å². The molecule has 1 aromatic carbocycles. The summed E-state index contributed by atoms with van der Waals surface area (Å²) in [5, 5.41) is 23.5. The van der Waals surface area contributed by atoms with Gasteiger partial charge in [0.2, 0.25) is 0 Å². The van der Waals surface area contributed by atoms with E-state index in [1.54, 1.807) is 0 Å². The molecular formula is C10H5BrF2N2O3. The number of aromatic hydroxyl groups is 1. The molecule has 0 aliphatic carbocycles. The van der Waals surface area contributed by atoms with E-state index in [2.05, 4.69) is 26.1 Å². The number of hydrogen-bond acceptors (Lipinski definition) is 3. The number of carboxylic acids is 1. The SMILES string of the molecule is O=C(O)c1cc(-c2c(F)cc(O)c(Br)c2F)n[nH]1. The number of phenols is 1. The molecule has 2 aromatic rings. The zero-order valence-electron chi connectivity index (χ0n) is 8.54. The minimum atomic E-state index is -1.30. The van der Waals surface area contributed by atoms with Gasteiger partial charge in [0.1, 0.15) is 17.3 Å². The van der Waals surface area contributed by atoms with Crippen molar-refractivity contribution in [3.8, 4) is 17.0 Å². The highest BCUT2D eigenvalue weighted by Gasteiger charge is 2.21. The van der Waals surface area contributed by atoms with Crippen LogP contribution in [0.5, 0.6) is 5.75 Å². The number of rotatable bonds is 2. The normalized spacial score (nSPS) is 10.6. The number of nitrogens with zero attached hydrogens (tertiary/aromatic N) is 1. The highest BCUT2D eigenvalue weighted by molar-refractivity contribution is 9.10. The van der Waals surface area contributed by atoms with Crippen molar-refractivity contribution in [1.82, 2.24) is 10.2 Å². The summed E-state index contributed by atoms with van der Waals surface area (Å²) >= 11 is 2.75. The van der Waals surface area contributed by atoms with Crippen LogP contribution in [-0.2, 0) is 0 Å². The highest BCUT2D eigenvalue weighted by atomic mass is 79.9. The number of halogens is 3. The third-order valence-corrected chi connectivity index (χ3v) is 2.96. The Morgan fingerprint density at radius 1 is 1.39 bits per heavy atom. The quantitative estimate of drug-likeness (QED) is 0.743. The lowest BCUT2D eigenvalue weighted by atomic mass is 10.1. The molecule has 18 heavy (non-hydrogen) atoms. The molecular weight excluding hydrogens is 314 g/mol. The number of aromatic carboxylic acids is 1. The third kappa shape index (κ3) is 1.94. The molecule has 1 heterocycles. The Balaban J connectivity index is 2.63. The van der Waals surface area contributed by atoms with E-state index >= 15 is 0 Å². The predicted molar refractivity (Wildman–Crippen MR) is 60.3 cm³/mol. The first kappa shape index (κ1) is 12.5. The first-order valence-electron chi connectivity index (χ1n) is 4.57. The van der Waals surface area contributed by atoms with E-state index in [0.717, 1.165) is 6.07 Å². The number of nitrogens with one attached hydrogen (secondary N) is 1. The minimum Gasteiger partial charge on any atom is -0.507 e. The molecule has 0 spiro atoms. The third-order valence-electron chi connectivity index (χ3n) is 2.20. The molecule has 1 aromatic heterocycles. The van der Waals surface area contributed by atoms with E-state index < -0.39 is 28.9 Å². The Morgan fingerprint density at radius 3 is 2.61 bits per heavy atom. The van der Waals surface area contributed by atoms with Crippen LogP contribution in [0, 0.1) is 11.6 Å². The smallest absolute Gasteiger partial charge is 0.353 e. The van der Waals surface area contributed by atoms with Crippen LogP contribution >= 0.6 is 15.9 Å². The molecule has 8 heteroatoms. The summed E-state index contributed by atoms with van der Waals surface area (Å²) in [4.78, 5) is 10.6. The van der Waals surface area contributed by atoms with Gasteiger partial charge in [0.15, 0.2) is 5.82 Å². The first-order valence-corrected chi connectivity index (χ1v) is 5.36. The van der Waals surface area contributed by atoms with Gasteiger partial charge in [-0.2, -0.15) is 5.10 Å². The lowest BCUT2D eigenvalue weighted by molar-refractivity contribution is 0.0690. The van der Waals surface area contributed by atoms with E-state index in [4.69, 9.17) is 5.11 Å². The van der Waals surface area contributed by atoms with Gasteiger partial charge in [0.25, 0.3) is 0 Å². The number of benzene rings is 1. The Hall–Kier alpha value is -1.96. The molecule has 0 aliphatic rings. The zero-order chi connectivity index (χ0) is 13.4. The van der Waals surface area contributed by atoms with Gasteiger partial charge in [-0.05, 0) is 22.0 Å². The van der Waals surface area contributed by atoms with Gasteiger partial charge in [0, 0.05) is 6.07 Å². The second-order valence-corrected chi connectivity index (χ2v) is 4.15. The number of H-pyrrole nitrogens is 1. The predicted octanol–water partition coefficient (Wildman–Crippen LogP) is 2.52. The van der Waals surface area contributed by atoms with Crippen LogP contribution in [0.25, 0.3) is 11.3 Å². The van der Waals surface area contributed by atoms with Crippen molar-refractivity contribution in [2.45, 2.75) is 0 Å². The second-order valence-electron chi connectivity index (χ2n) is 3.35. The van der Waals surface area contributed by atoms with Crippen molar-refractivity contribution in [3.05, 3.63) is 33.9 Å². The van der Waals surface area contributed by atoms with Crippen molar-refractivity contribution < 1.29 is 23.8 Å². The Bertz CT molecular complexity index is 642. The maximum atomic E-state index is 13.8. The van der Waals surface area contributed by atoms with E-state index in [1.165, 1.54) is 0 Å². The largest absolute Gasteiger partial charge is 0.507 e. The number of phenolic OH excluding ortho intramolecular Hbond substituents is 1. The van der Waals surface area contributed by atoms with E-state index in [1.807, 2.05) is 0 Å². The fourth-order valence-corrected chi connectivity index (χ4v) is 1.69. The van der Waals surface area contributed by atoms with Gasteiger partial charge < -0.3 is 10.2 Å². The molecule has 94 valence electrons. The monoisotopic (exact) mass is 318 g/mol. The van der Waals surface area contributed by atoms with Crippen molar-refractivity contribution in [3.63, 3.8) is 0 Å². The van der Waals surface area contributed by atoms with Crippen LogP contribution in [0.2, 0.25) is 0 Å². The summed E-state index contributed by atoms with van der Waals surface area (Å²) < 4.78 is 27.0. The lowest BCUT2D eigenvalue weighted by Gasteiger charge is -2.05. The molecule has 0 fully saturated rings. The second kappa shape index (κ2) is 4.37. The molecule has 0 saturated carbocycles. The van der Waals surface area contributed by atoms with Crippen LogP contribution in [0.15, 0.2) is 16.6 Å². The van der Waals surface area contributed by atoms with Gasteiger partial charge in [-0.25, -0.2) is 13.6 Å². The van der Waals surface area contributed by atoms with E-state index in [-0.39, 0.29) is 15.9 Å². The number of aromatic amines is 1. The van der Waals surface area contributed by atoms with E-state index in [9.17, 15) is 18.7 Å². The maximum Gasteiger partial charge on any atom is 0.353 e. The summed E-state index contributed by atoms with van der Waals surface area (Å²) in [5.41, 5.74) is -1.03. The molecule has 5 nitrogen and oxygen atoms in total. The zero-order valence-corrected chi connectivity index (χ0v) is 10.1. The van der Waals surface area contributed by atoms with Gasteiger partial charge in [-0.15, -0.1) is 0 Å². The molecule has 0 atom stereocenters. The minimum absolute atomic E-state index is 0.205. The number of carbonyl (C=O) groups is 1. The van der Waals surface area contributed by atoms with Crippen LogP contribution in [0.3, 0.4) is 0 Å².